The lowest BCUT2D eigenvalue weighted by Crippen LogP contribution is -2.60. The summed E-state index contributed by atoms with van der Waals surface area (Å²) >= 11 is 0. The fourth-order valence-electron chi connectivity index (χ4n) is 2.73. The van der Waals surface area contributed by atoms with E-state index in [1.807, 2.05) is 4.90 Å². The van der Waals surface area contributed by atoms with Crippen LogP contribution in [0.5, 0.6) is 0 Å². The van der Waals surface area contributed by atoms with Gasteiger partial charge < -0.3 is 16.0 Å². The Morgan fingerprint density at radius 1 is 1.20 bits per heavy atom. The molecule has 0 unspecified atom stereocenters. The number of hydrogen-bond acceptors (Lipinski definition) is 4. The van der Waals surface area contributed by atoms with Crippen molar-refractivity contribution >= 4 is 23.4 Å². The van der Waals surface area contributed by atoms with Crippen molar-refractivity contribution in [2.45, 2.75) is 19.4 Å². The van der Waals surface area contributed by atoms with Crippen LogP contribution in [0.25, 0.3) is 0 Å². The maximum absolute atomic E-state index is 12.7. The quantitative estimate of drug-likeness (QED) is 0.774. The number of benzene rings is 1. The molecule has 0 aromatic heterocycles. The fourth-order valence-corrected chi connectivity index (χ4v) is 2.73. The van der Waals surface area contributed by atoms with Gasteiger partial charge in [-0.2, -0.15) is 0 Å². The Bertz CT molecular complexity index is 691. The molecule has 0 atom stereocenters. The number of primary amides is 1. The van der Waals surface area contributed by atoms with Crippen LogP contribution < -0.4 is 11.1 Å². The first-order chi connectivity index (χ1) is 11.8. The smallest absolute Gasteiger partial charge is 0.254 e. The molecule has 3 N–H and O–H groups in total. The molecule has 134 valence electrons. The molecule has 1 aromatic carbocycles. The van der Waals surface area contributed by atoms with Gasteiger partial charge in [-0.1, -0.05) is 12.6 Å². The summed E-state index contributed by atoms with van der Waals surface area (Å²) in [5, 5.41) is 2.64. The first-order valence-electron chi connectivity index (χ1n) is 8.13. The van der Waals surface area contributed by atoms with Gasteiger partial charge in [-0.05, 0) is 38.1 Å². The highest BCUT2D eigenvalue weighted by atomic mass is 16.2. The molecule has 0 spiro atoms. The van der Waals surface area contributed by atoms with Gasteiger partial charge >= 0.3 is 0 Å². The number of rotatable bonds is 5. The lowest BCUT2D eigenvalue weighted by Gasteiger charge is -2.42. The molecule has 3 amide bonds. The van der Waals surface area contributed by atoms with E-state index in [0.29, 0.717) is 37.4 Å². The van der Waals surface area contributed by atoms with Crippen LogP contribution in [0.15, 0.2) is 36.9 Å². The van der Waals surface area contributed by atoms with Crippen molar-refractivity contribution in [1.29, 1.82) is 0 Å². The maximum Gasteiger partial charge on any atom is 0.254 e. The number of nitrogens with two attached hydrogens (primary N) is 1. The predicted octanol–water partition coefficient (Wildman–Crippen LogP) is 0.833. The molecule has 1 heterocycles. The van der Waals surface area contributed by atoms with Gasteiger partial charge in [-0.25, -0.2) is 0 Å². The largest absolute Gasteiger partial charge is 0.368 e. The Kier molecular flexibility index (Phi) is 5.58. The highest BCUT2D eigenvalue weighted by molar-refractivity contribution is 6.00. The third kappa shape index (κ3) is 4.24. The molecule has 1 aromatic rings. The summed E-state index contributed by atoms with van der Waals surface area (Å²) in [4.78, 5) is 39.4. The summed E-state index contributed by atoms with van der Waals surface area (Å²) in [7, 11) is 0. The first kappa shape index (κ1) is 18.7. The SMILES string of the molecule is C=CC(=O)Nc1cccc(C(=O)N2CCN(C(C)(C)C(N)=O)CC2)c1. The van der Waals surface area contributed by atoms with Crippen LogP contribution in [0.2, 0.25) is 0 Å². The number of hydrogen-bond donors (Lipinski definition) is 2. The van der Waals surface area contributed by atoms with Gasteiger partial charge in [0.1, 0.15) is 0 Å². The van der Waals surface area contributed by atoms with Crippen LogP contribution in [-0.4, -0.2) is 59.2 Å². The average Bonchev–Trinajstić information content (AvgIpc) is 2.61. The average molecular weight is 344 g/mol. The third-order valence-corrected chi connectivity index (χ3v) is 4.52. The standard InChI is InChI=1S/C18H24N4O3/c1-4-15(23)20-14-7-5-6-13(12-14)16(24)21-8-10-22(11-9-21)18(2,3)17(19)25/h4-7,12H,1,8-11H2,2-3H3,(H2,19,25)(H,20,23). The Balaban J connectivity index is 2.03. The highest BCUT2D eigenvalue weighted by Crippen LogP contribution is 2.19. The van der Waals surface area contributed by atoms with E-state index in [4.69, 9.17) is 5.73 Å². The van der Waals surface area contributed by atoms with E-state index in [1.54, 1.807) is 43.0 Å². The van der Waals surface area contributed by atoms with Gasteiger partial charge in [0.25, 0.3) is 5.91 Å². The Hall–Kier alpha value is -2.67. The van der Waals surface area contributed by atoms with E-state index >= 15 is 0 Å². The van der Waals surface area contributed by atoms with Crippen LogP contribution in [-0.2, 0) is 9.59 Å². The fraction of sp³-hybridized carbons (Fsp3) is 0.389. The molecular weight excluding hydrogens is 320 g/mol. The minimum Gasteiger partial charge on any atom is -0.368 e. The Labute approximate surface area is 147 Å². The highest BCUT2D eigenvalue weighted by Gasteiger charge is 2.35. The molecule has 2 rings (SSSR count). The third-order valence-electron chi connectivity index (χ3n) is 4.52. The Morgan fingerprint density at radius 3 is 2.40 bits per heavy atom. The number of carbonyl (C=O) groups excluding carboxylic acids is 3. The van der Waals surface area contributed by atoms with E-state index in [2.05, 4.69) is 11.9 Å². The summed E-state index contributed by atoms with van der Waals surface area (Å²) in [6, 6.07) is 6.79. The van der Waals surface area contributed by atoms with Gasteiger partial charge in [0.05, 0.1) is 5.54 Å². The lowest BCUT2D eigenvalue weighted by atomic mass is 10.0. The molecule has 1 fully saturated rings. The zero-order valence-electron chi connectivity index (χ0n) is 14.6. The van der Waals surface area contributed by atoms with Gasteiger partial charge in [0, 0.05) is 37.4 Å². The number of carbonyl (C=O) groups is 3. The van der Waals surface area contributed by atoms with E-state index in [1.165, 1.54) is 6.08 Å². The van der Waals surface area contributed by atoms with Crippen LogP contribution in [0.1, 0.15) is 24.2 Å². The van der Waals surface area contributed by atoms with Crippen LogP contribution in [0.3, 0.4) is 0 Å². The van der Waals surface area contributed by atoms with E-state index in [9.17, 15) is 14.4 Å². The molecule has 1 saturated heterocycles. The van der Waals surface area contributed by atoms with E-state index < -0.39 is 5.54 Å². The topological polar surface area (TPSA) is 95.7 Å². The molecule has 1 aliphatic heterocycles. The second-order valence-corrected chi connectivity index (χ2v) is 6.48. The Morgan fingerprint density at radius 2 is 1.84 bits per heavy atom. The number of nitrogens with zero attached hydrogens (tertiary/aromatic N) is 2. The van der Waals surface area contributed by atoms with Crippen LogP contribution >= 0.6 is 0 Å². The molecule has 0 radical (unpaired) electrons. The second-order valence-electron chi connectivity index (χ2n) is 6.48. The van der Waals surface area contributed by atoms with E-state index in [-0.39, 0.29) is 17.7 Å². The van der Waals surface area contributed by atoms with E-state index in [0.717, 1.165) is 0 Å². The van der Waals surface area contributed by atoms with Crippen molar-refractivity contribution in [3.05, 3.63) is 42.5 Å². The van der Waals surface area contributed by atoms with Crippen molar-refractivity contribution in [2.75, 3.05) is 31.5 Å². The minimum absolute atomic E-state index is 0.105. The van der Waals surface area contributed by atoms with Crippen molar-refractivity contribution in [3.63, 3.8) is 0 Å². The normalized spacial score (nSPS) is 15.5. The second kappa shape index (κ2) is 7.48. The van der Waals surface area contributed by atoms with Gasteiger partial charge in [-0.3, -0.25) is 19.3 Å². The summed E-state index contributed by atoms with van der Waals surface area (Å²) < 4.78 is 0. The van der Waals surface area contributed by atoms with Crippen LogP contribution in [0.4, 0.5) is 5.69 Å². The monoisotopic (exact) mass is 344 g/mol. The number of nitrogens with one attached hydrogen (secondary N) is 1. The van der Waals surface area contributed by atoms with Gasteiger partial charge in [-0.15, -0.1) is 0 Å². The minimum atomic E-state index is -0.732. The van der Waals surface area contributed by atoms with Crippen LogP contribution in [0, 0.1) is 0 Å². The molecule has 1 aliphatic rings. The van der Waals surface area contributed by atoms with Gasteiger partial charge in [0.2, 0.25) is 11.8 Å². The predicted molar refractivity (Wildman–Crippen MR) is 96.0 cm³/mol. The van der Waals surface area contributed by atoms with Crippen molar-refractivity contribution in [2.24, 2.45) is 5.73 Å². The summed E-state index contributed by atoms with van der Waals surface area (Å²) in [5.41, 5.74) is 5.77. The lowest BCUT2D eigenvalue weighted by molar-refractivity contribution is -0.129. The number of amides is 3. The molecular formula is C18H24N4O3. The summed E-state index contributed by atoms with van der Waals surface area (Å²) in [6.45, 7) is 9.16. The molecule has 0 saturated carbocycles. The van der Waals surface area contributed by atoms with Crippen molar-refractivity contribution in [3.8, 4) is 0 Å². The number of piperazine rings is 1. The van der Waals surface area contributed by atoms with Crippen molar-refractivity contribution < 1.29 is 14.4 Å². The summed E-state index contributed by atoms with van der Waals surface area (Å²) in [6.07, 6.45) is 1.17. The summed E-state index contributed by atoms with van der Waals surface area (Å²) in [5.74, 6) is -0.809. The zero-order valence-corrected chi connectivity index (χ0v) is 14.6. The molecule has 0 aliphatic carbocycles. The maximum atomic E-state index is 12.7. The van der Waals surface area contributed by atoms with Crippen molar-refractivity contribution in [1.82, 2.24) is 9.80 Å². The number of anilines is 1. The molecule has 0 bridgehead atoms. The molecule has 7 heteroatoms. The molecule has 7 nitrogen and oxygen atoms in total. The van der Waals surface area contributed by atoms with Gasteiger partial charge in [0.15, 0.2) is 0 Å². The zero-order chi connectivity index (χ0) is 18.6. The first-order valence-corrected chi connectivity index (χ1v) is 8.13. The molecule has 25 heavy (non-hydrogen) atoms.